The third kappa shape index (κ3) is 3.86. The van der Waals surface area contributed by atoms with Crippen molar-refractivity contribution in [1.82, 2.24) is 15.1 Å². The normalized spacial score (nSPS) is 19.3. The Balaban J connectivity index is 1.17. The van der Waals surface area contributed by atoms with Crippen LogP contribution in [0, 0.1) is 5.92 Å². The largest absolute Gasteiger partial charge is 0.454 e. The quantitative estimate of drug-likeness (QED) is 0.802. The van der Waals surface area contributed by atoms with Crippen LogP contribution in [-0.4, -0.2) is 46.8 Å². The first kappa shape index (κ1) is 19.3. The Bertz CT molecular complexity index is 948. The molecule has 3 aliphatic rings. The maximum Gasteiger partial charge on any atom is 0.286 e. The van der Waals surface area contributed by atoms with E-state index in [1.54, 1.807) is 18.2 Å². The van der Waals surface area contributed by atoms with Crippen LogP contribution >= 0.6 is 11.3 Å². The van der Waals surface area contributed by atoms with Gasteiger partial charge in [0.25, 0.3) is 5.91 Å². The monoisotopic (exact) mass is 428 g/mol. The lowest BCUT2D eigenvalue weighted by Gasteiger charge is -2.32. The standard InChI is InChI=1S/C21H24N4O4S/c26-18(22-15-5-6-16-17(11-15)29-12-28-16)20-24-23-19(30-20)13-7-9-25(10-8-13)21(27)14-3-1-2-4-14/h5-6,11,13-14H,1-4,7-10,12H2,(H,22,26). The summed E-state index contributed by atoms with van der Waals surface area (Å²) in [7, 11) is 0. The van der Waals surface area contributed by atoms with Gasteiger partial charge in [0.1, 0.15) is 5.01 Å². The van der Waals surface area contributed by atoms with Crippen LogP contribution in [0.25, 0.3) is 0 Å². The number of likely N-dealkylation sites (tertiary alicyclic amines) is 1. The molecule has 1 N–H and O–H groups in total. The first-order valence-corrected chi connectivity index (χ1v) is 11.3. The molecule has 8 nitrogen and oxygen atoms in total. The van der Waals surface area contributed by atoms with Crippen molar-refractivity contribution in [3.8, 4) is 11.5 Å². The topological polar surface area (TPSA) is 93.7 Å². The van der Waals surface area contributed by atoms with Gasteiger partial charge in [-0.1, -0.05) is 24.2 Å². The highest BCUT2D eigenvalue weighted by Gasteiger charge is 2.31. The number of anilines is 1. The van der Waals surface area contributed by atoms with E-state index in [1.807, 2.05) is 4.90 Å². The van der Waals surface area contributed by atoms with Crippen molar-refractivity contribution in [2.75, 3.05) is 25.2 Å². The van der Waals surface area contributed by atoms with Crippen molar-refractivity contribution in [2.45, 2.75) is 44.4 Å². The number of rotatable bonds is 4. The summed E-state index contributed by atoms with van der Waals surface area (Å²) in [4.78, 5) is 27.2. The van der Waals surface area contributed by atoms with Crippen LogP contribution in [0.15, 0.2) is 18.2 Å². The average molecular weight is 429 g/mol. The van der Waals surface area contributed by atoms with Gasteiger partial charge in [-0.25, -0.2) is 0 Å². The Kier molecular flexibility index (Phi) is 5.28. The molecule has 158 valence electrons. The maximum atomic E-state index is 12.6. The van der Waals surface area contributed by atoms with E-state index in [0.29, 0.717) is 28.1 Å². The molecule has 0 atom stereocenters. The number of ether oxygens (including phenoxy) is 2. The zero-order chi connectivity index (χ0) is 20.5. The van der Waals surface area contributed by atoms with E-state index in [1.165, 1.54) is 24.2 Å². The molecule has 2 aromatic rings. The molecule has 0 spiro atoms. The maximum absolute atomic E-state index is 12.6. The van der Waals surface area contributed by atoms with Crippen LogP contribution in [0.3, 0.4) is 0 Å². The molecule has 1 saturated carbocycles. The zero-order valence-corrected chi connectivity index (χ0v) is 17.5. The summed E-state index contributed by atoms with van der Waals surface area (Å²) < 4.78 is 10.6. The molecule has 0 bridgehead atoms. The summed E-state index contributed by atoms with van der Waals surface area (Å²) in [6, 6.07) is 5.27. The predicted octanol–water partition coefficient (Wildman–Crippen LogP) is 3.42. The number of fused-ring (bicyclic) bond motifs is 1. The Morgan fingerprint density at radius 3 is 2.60 bits per heavy atom. The van der Waals surface area contributed by atoms with Crippen LogP contribution in [0.1, 0.15) is 59.3 Å². The summed E-state index contributed by atoms with van der Waals surface area (Å²) in [6.07, 6.45) is 6.17. The molecular weight excluding hydrogens is 404 g/mol. The number of benzene rings is 1. The summed E-state index contributed by atoms with van der Waals surface area (Å²) in [6.45, 7) is 1.72. The van der Waals surface area contributed by atoms with Crippen LogP contribution in [-0.2, 0) is 4.79 Å². The minimum absolute atomic E-state index is 0.192. The minimum Gasteiger partial charge on any atom is -0.454 e. The molecule has 9 heteroatoms. The minimum atomic E-state index is -0.286. The lowest BCUT2D eigenvalue weighted by atomic mass is 9.96. The summed E-state index contributed by atoms with van der Waals surface area (Å²) >= 11 is 1.33. The fraction of sp³-hybridized carbons (Fsp3) is 0.524. The Labute approximate surface area is 178 Å². The first-order valence-electron chi connectivity index (χ1n) is 10.5. The first-order chi connectivity index (χ1) is 14.7. The van der Waals surface area contributed by atoms with E-state index in [2.05, 4.69) is 15.5 Å². The van der Waals surface area contributed by atoms with Gasteiger partial charge in [0.2, 0.25) is 17.7 Å². The Hall–Kier alpha value is -2.68. The third-order valence-corrected chi connectivity index (χ3v) is 7.21. The number of aromatic nitrogens is 2. The molecule has 30 heavy (non-hydrogen) atoms. The Morgan fingerprint density at radius 1 is 1.03 bits per heavy atom. The smallest absolute Gasteiger partial charge is 0.286 e. The Morgan fingerprint density at radius 2 is 1.80 bits per heavy atom. The van der Waals surface area contributed by atoms with Crippen molar-refractivity contribution in [3.05, 3.63) is 28.2 Å². The molecule has 2 amide bonds. The molecule has 3 heterocycles. The lowest BCUT2D eigenvalue weighted by molar-refractivity contribution is -0.136. The number of carbonyl (C=O) groups is 2. The molecule has 5 rings (SSSR count). The van der Waals surface area contributed by atoms with Gasteiger partial charge < -0.3 is 19.7 Å². The highest BCUT2D eigenvalue weighted by atomic mass is 32.1. The van der Waals surface area contributed by atoms with Crippen LogP contribution in [0.4, 0.5) is 5.69 Å². The van der Waals surface area contributed by atoms with Crippen LogP contribution < -0.4 is 14.8 Å². The van der Waals surface area contributed by atoms with Gasteiger partial charge in [-0.15, -0.1) is 10.2 Å². The molecule has 2 aliphatic heterocycles. The van der Waals surface area contributed by atoms with E-state index in [4.69, 9.17) is 9.47 Å². The van der Waals surface area contributed by atoms with Crippen molar-refractivity contribution < 1.29 is 19.1 Å². The number of nitrogens with one attached hydrogen (secondary N) is 1. The second-order valence-electron chi connectivity index (χ2n) is 8.05. The van der Waals surface area contributed by atoms with E-state index in [9.17, 15) is 9.59 Å². The van der Waals surface area contributed by atoms with Gasteiger partial charge in [0.15, 0.2) is 11.5 Å². The molecule has 1 aromatic carbocycles. The number of nitrogens with zero attached hydrogens (tertiary/aromatic N) is 3. The number of carbonyl (C=O) groups excluding carboxylic acids is 2. The fourth-order valence-corrected chi connectivity index (χ4v) is 5.34. The fourth-order valence-electron chi connectivity index (χ4n) is 4.43. The van der Waals surface area contributed by atoms with E-state index < -0.39 is 0 Å². The van der Waals surface area contributed by atoms with E-state index in [-0.39, 0.29) is 24.5 Å². The predicted molar refractivity (Wildman–Crippen MR) is 111 cm³/mol. The van der Waals surface area contributed by atoms with Crippen molar-refractivity contribution in [1.29, 1.82) is 0 Å². The van der Waals surface area contributed by atoms with Crippen molar-refractivity contribution in [3.63, 3.8) is 0 Å². The summed E-state index contributed by atoms with van der Waals surface area (Å²) in [5, 5.41) is 12.4. The molecular formula is C21H24N4O4S. The highest BCUT2D eigenvalue weighted by Crippen LogP contribution is 2.35. The van der Waals surface area contributed by atoms with Crippen LogP contribution in [0.2, 0.25) is 0 Å². The molecule has 1 aliphatic carbocycles. The van der Waals surface area contributed by atoms with E-state index >= 15 is 0 Å². The highest BCUT2D eigenvalue weighted by molar-refractivity contribution is 7.13. The lowest BCUT2D eigenvalue weighted by Crippen LogP contribution is -2.40. The molecule has 0 unspecified atom stereocenters. The summed E-state index contributed by atoms with van der Waals surface area (Å²) in [5.41, 5.74) is 0.625. The third-order valence-electron chi connectivity index (χ3n) is 6.13. The molecule has 1 saturated heterocycles. The number of hydrogen-bond acceptors (Lipinski definition) is 7. The van der Waals surface area contributed by atoms with Gasteiger partial charge in [0, 0.05) is 36.7 Å². The van der Waals surface area contributed by atoms with Gasteiger partial charge in [-0.05, 0) is 37.8 Å². The van der Waals surface area contributed by atoms with E-state index in [0.717, 1.165) is 43.8 Å². The van der Waals surface area contributed by atoms with Crippen molar-refractivity contribution >= 4 is 28.8 Å². The zero-order valence-electron chi connectivity index (χ0n) is 16.6. The molecule has 1 aromatic heterocycles. The summed E-state index contributed by atoms with van der Waals surface area (Å²) in [5.74, 6) is 1.81. The van der Waals surface area contributed by atoms with Gasteiger partial charge in [-0.3, -0.25) is 9.59 Å². The van der Waals surface area contributed by atoms with Gasteiger partial charge in [0.05, 0.1) is 0 Å². The van der Waals surface area contributed by atoms with Crippen molar-refractivity contribution in [2.24, 2.45) is 5.92 Å². The molecule has 0 radical (unpaired) electrons. The van der Waals surface area contributed by atoms with Gasteiger partial charge >= 0.3 is 0 Å². The average Bonchev–Trinajstić information content (AvgIpc) is 3.54. The van der Waals surface area contributed by atoms with Gasteiger partial charge in [-0.2, -0.15) is 0 Å². The number of piperidine rings is 1. The number of hydrogen-bond donors (Lipinski definition) is 1. The second kappa shape index (κ2) is 8.22. The van der Waals surface area contributed by atoms with Crippen LogP contribution in [0.5, 0.6) is 11.5 Å². The number of amides is 2. The SMILES string of the molecule is O=C(Nc1ccc2c(c1)OCO2)c1nnc(C2CCN(C(=O)C3CCCC3)CC2)s1. The second-order valence-corrected chi connectivity index (χ2v) is 9.06. The molecule has 2 fully saturated rings.